The fourth-order valence-electron chi connectivity index (χ4n) is 10.6. The zero-order chi connectivity index (χ0) is 46.7. The zero-order valence-electron chi connectivity index (χ0n) is 38.7. The third-order valence-corrected chi connectivity index (χ3v) is 14.9. The molecule has 6 aliphatic rings. The Hall–Kier alpha value is -5.28. The Labute approximate surface area is 387 Å². The molecule has 0 spiro atoms. The van der Waals surface area contributed by atoms with Crippen LogP contribution in [0.4, 0.5) is 0 Å². The minimum absolute atomic E-state index is 0.00752. The van der Waals surface area contributed by atoms with Crippen LogP contribution in [0.1, 0.15) is 132 Å². The van der Waals surface area contributed by atoms with Gasteiger partial charge in [-0.1, -0.05) is 17.7 Å². The zero-order valence-corrected chi connectivity index (χ0v) is 39.6. The molecule has 0 aromatic heterocycles. The maximum atomic E-state index is 13.7. The molecule has 3 aromatic carbocycles. The van der Waals surface area contributed by atoms with Crippen LogP contribution in [0.5, 0.6) is 17.2 Å². The molecule has 3 amide bonds. The van der Waals surface area contributed by atoms with Crippen LogP contribution in [-0.4, -0.2) is 100 Å². The van der Waals surface area contributed by atoms with Gasteiger partial charge >= 0.3 is 8.60 Å². The lowest BCUT2D eigenvalue weighted by Crippen LogP contribution is -2.56. The van der Waals surface area contributed by atoms with Crippen molar-refractivity contribution in [3.8, 4) is 29.4 Å². The molecule has 3 fully saturated rings. The first-order valence-electron chi connectivity index (χ1n) is 23.0. The fraction of sp³-hybridized carbons (Fsp3) is 0.540. The predicted molar refractivity (Wildman–Crippen MR) is 241 cm³/mol. The van der Waals surface area contributed by atoms with Gasteiger partial charge < -0.3 is 47.2 Å². The Morgan fingerprint density at radius 3 is 1.39 bits per heavy atom. The van der Waals surface area contributed by atoms with E-state index >= 15 is 0 Å². The van der Waals surface area contributed by atoms with Crippen LogP contribution < -0.4 is 14.2 Å². The number of aryl methyl sites for hydroxylation is 1. The highest BCUT2D eigenvalue weighted by atomic mass is 31.2. The molecule has 0 aliphatic carbocycles. The number of carbonyl (C=O) groups excluding carboxylic acids is 3. The first kappa shape index (κ1) is 45.9. The molecule has 16 heteroatoms. The quantitative estimate of drug-likeness (QED) is 0.127. The highest BCUT2D eigenvalue weighted by Gasteiger charge is 2.55. The number of nitriles is 2. The molecule has 1 unspecified atom stereocenters. The van der Waals surface area contributed by atoms with Gasteiger partial charge in [0.25, 0.3) is 0 Å². The van der Waals surface area contributed by atoms with Crippen LogP contribution in [0.3, 0.4) is 0 Å². The van der Waals surface area contributed by atoms with Crippen LogP contribution >= 0.6 is 8.60 Å². The van der Waals surface area contributed by atoms with E-state index in [0.29, 0.717) is 97.7 Å². The van der Waals surface area contributed by atoms with E-state index in [1.165, 1.54) is 0 Å². The summed E-state index contributed by atoms with van der Waals surface area (Å²) < 4.78 is 47.8. The molecular weight excluding hydrogens is 862 g/mol. The minimum Gasteiger partial charge on any atom is -0.485 e. The number of likely N-dealkylation sites (tertiary alicyclic amines) is 3. The summed E-state index contributed by atoms with van der Waals surface area (Å²) in [4.78, 5) is 46.3. The van der Waals surface area contributed by atoms with E-state index in [9.17, 15) is 24.9 Å². The Morgan fingerprint density at radius 2 is 0.985 bits per heavy atom. The van der Waals surface area contributed by atoms with E-state index in [1.54, 1.807) is 36.4 Å². The number of nitrogens with zero attached hydrogens (tertiary/aromatic N) is 5. The number of benzene rings is 3. The van der Waals surface area contributed by atoms with Gasteiger partial charge in [-0.15, -0.1) is 0 Å². The molecule has 7 atom stereocenters. The molecule has 0 bridgehead atoms. The number of fused-ring (bicyclic) bond motifs is 3. The number of hydrogen-bond acceptors (Lipinski definition) is 12. The minimum atomic E-state index is -2.37. The van der Waals surface area contributed by atoms with Gasteiger partial charge in [0.05, 0.1) is 54.6 Å². The maximum absolute atomic E-state index is 13.7. The van der Waals surface area contributed by atoms with Gasteiger partial charge in [0.15, 0.2) is 0 Å². The Bertz CT molecular complexity index is 2500. The third-order valence-electron chi connectivity index (χ3n) is 13.7. The molecule has 6 aliphatic heterocycles. The van der Waals surface area contributed by atoms with Crippen molar-refractivity contribution in [1.29, 1.82) is 10.5 Å². The van der Waals surface area contributed by atoms with Crippen molar-refractivity contribution >= 4 is 26.3 Å². The maximum Gasteiger partial charge on any atom is 0.333 e. The van der Waals surface area contributed by atoms with Crippen molar-refractivity contribution in [2.45, 2.75) is 140 Å². The van der Waals surface area contributed by atoms with Crippen molar-refractivity contribution < 1.29 is 46.9 Å². The molecule has 0 saturated carbocycles. The summed E-state index contributed by atoms with van der Waals surface area (Å²) in [5.41, 5.74) is 1.13. The van der Waals surface area contributed by atoms with E-state index in [1.807, 2.05) is 81.4 Å². The van der Waals surface area contributed by atoms with Crippen LogP contribution in [0.25, 0.3) is 0 Å². The average molecular weight is 920 g/mol. The second-order valence-electron chi connectivity index (χ2n) is 19.7. The molecule has 0 radical (unpaired) electrons. The standard InChI is InChI=1S/C50H58N5O10P/c1-30-14-17-36-33(25-30)43(54-21-9-12-40(54)57)46(49(4,5)62-36)64-66(65-47-44(55-22-10-13-41(55)58)35-27-32(29-52)16-19-38(35)63-50(47,6)7)60-24-23-59-45-42(53-20-8-11-39(53)56)34-26-31(28-51)15-18-37(34)61-48(45,2)3/h14-19,25-27,42-47H,8-13,20-24H2,1-7H3/t42-,43-,44-,45+,46+,47+,66?/m1/s1. The van der Waals surface area contributed by atoms with Gasteiger partial charge in [0.2, 0.25) is 17.7 Å². The van der Waals surface area contributed by atoms with Gasteiger partial charge in [-0.05, 0) is 110 Å². The summed E-state index contributed by atoms with van der Waals surface area (Å²) in [5, 5.41) is 19.8. The van der Waals surface area contributed by atoms with Gasteiger partial charge in [-0.3, -0.25) is 14.4 Å². The SMILES string of the molecule is Cc1ccc2c(c1)[C@@H](N1CCCC1=O)[C@H](OP(OCCO[C@H]1[C@H](N3CCCC3=O)c3cc(C#N)ccc3OC1(C)C)O[C@H]1[C@H](N3CCCC3=O)c3cc(C#N)ccc3OC1(C)C)C(C)(C)O2. The molecule has 3 saturated heterocycles. The van der Waals surface area contributed by atoms with E-state index < -0.39 is 61.8 Å². The number of rotatable bonds is 12. The third kappa shape index (κ3) is 8.50. The number of ether oxygens (including phenoxy) is 4. The lowest BCUT2D eigenvalue weighted by Gasteiger charge is -2.50. The van der Waals surface area contributed by atoms with Crippen molar-refractivity contribution in [3.05, 3.63) is 88.0 Å². The molecule has 0 N–H and O–H groups in total. The Balaban J connectivity index is 1.07. The highest BCUT2D eigenvalue weighted by molar-refractivity contribution is 7.41. The van der Waals surface area contributed by atoms with E-state index in [0.717, 1.165) is 11.1 Å². The smallest absolute Gasteiger partial charge is 0.333 e. The van der Waals surface area contributed by atoms with Gasteiger partial charge in [-0.25, -0.2) is 0 Å². The fourth-order valence-corrected chi connectivity index (χ4v) is 12.1. The number of amides is 3. The van der Waals surface area contributed by atoms with Crippen LogP contribution in [0.2, 0.25) is 0 Å². The molecule has 9 rings (SSSR count). The van der Waals surface area contributed by atoms with Crippen LogP contribution in [0, 0.1) is 29.6 Å². The van der Waals surface area contributed by atoms with E-state index in [-0.39, 0.29) is 30.9 Å². The van der Waals surface area contributed by atoms with Crippen LogP contribution in [0.15, 0.2) is 54.6 Å². The second kappa shape index (κ2) is 17.7. The van der Waals surface area contributed by atoms with Crippen molar-refractivity contribution in [2.75, 3.05) is 32.8 Å². The Morgan fingerprint density at radius 1 is 0.591 bits per heavy atom. The first-order valence-corrected chi connectivity index (χ1v) is 24.1. The van der Waals surface area contributed by atoms with Gasteiger partial charge in [-0.2, -0.15) is 10.5 Å². The first-order chi connectivity index (χ1) is 31.5. The van der Waals surface area contributed by atoms with E-state index in [4.69, 9.17) is 32.5 Å². The van der Waals surface area contributed by atoms with Crippen molar-refractivity contribution in [3.63, 3.8) is 0 Å². The average Bonchev–Trinajstić information content (AvgIpc) is 4.02. The summed E-state index contributed by atoms with van der Waals surface area (Å²) in [6.07, 6.45) is 0.996. The molecule has 15 nitrogen and oxygen atoms in total. The molecule has 348 valence electrons. The topological polar surface area (TPSA) is 173 Å². The summed E-state index contributed by atoms with van der Waals surface area (Å²) in [5.74, 6) is 1.80. The van der Waals surface area contributed by atoms with Crippen molar-refractivity contribution in [1.82, 2.24) is 14.7 Å². The summed E-state index contributed by atoms with van der Waals surface area (Å²) >= 11 is 0. The lowest BCUT2D eigenvalue weighted by atomic mass is 9.84. The van der Waals surface area contributed by atoms with Crippen molar-refractivity contribution in [2.24, 2.45) is 0 Å². The summed E-state index contributed by atoms with van der Waals surface area (Å²) in [7, 11) is -2.37. The number of carbonyl (C=O) groups is 3. The molecule has 66 heavy (non-hydrogen) atoms. The monoisotopic (exact) mass is 919 g/mol. The normalized spacial score (nSPS) is 27.5. The van der Waals surface area contributed by atoms with Crippen LogP contribution in [-0.2, 0) is 32.7 Å². The van der Waals surface area contributed by atoms with E-state index in [2.05, 4.69) is 12.1 Å². The highest BCUT2D eigenvalue weighted by Crippen LogP contribution is 2.57. The van der Waals surface area contributed by atoms with Gasteiger partial charge in [0.1, 0.15) is 52.4 Å². The van der Waals surface area contributed by atoms with Gasteiger partial charge in [0, 0.05) is 55.6 Å². The summed E-state index contributed by atoms with van der Waals surface area (Å²) in [6.45, 7) is 15.1. The summed E-state index contributed by atoms with van der Waals surface area (Å²) in [6, 6.07) is 19.2. The molecular formula is C50H58N5O10P. The second-order valence-corrected chi connectivity index (χ2v) is 20.8. The Kier molecular flexibility index (Phi) is 12.3. The molecule has 6 heterocycles. The largest absolute Gasteiger partial charge is 0.485 e. The predicted octanol–water partition coefficient (Wildman–Crippen LogP) is 8.04. The lowest BCUT2D eigenvalue weighted by molar-refractivity contribution is -0.151. The number of hydrogen-bond donors (Lipinski definition) is 0. The molecule has 3 aromatic rings.